The number of pyridine rings is 1. The van der Waals surface area contributed by atoms with E-state index in [9.17, 15) is 5.11 Å². The van der Waals surface area contributed by atoms with Crippen molar-refractivity contribution in [3.63, 3.8) is 0 Å². The number of benzene rings is 2. The summed E-state index contributed by atoms with van der Waals surface area (Å²) in [5, 5.41) is 9.73. The minimum absolute atomic E-state index is 0.258. The van der Waals surface area contributed by atoms with Crippen molar-refractivity contribution in [3.05, 3.63) is 89.6 Å². The average molecular weight is 389 g/mol. The first-order valence-corrected chi connectivity index (χ1v) is 9.90. The molecule has 0 aliphatic carbocycles. The van der Waals surface area contributed by atoms with Crippen LogP contribution in [0.4, 0.5) is 0 Å². The van der Waals surface area contributed by atoms with Gasteiger partial charge in [0.1, 0.15) is 12.4 Å². The third kappa shape index (κ3) is 5.46. The van der Waals surface area contributed by atoms with Gasteiger partial charge in [-0.05, 0) is 61.0 Å². The molecule has 3 aromatic rings. The standard InChI is InChI=1S/C25H28N2O2/c1-4-23(19-8-6-5-7-9-19)25(20-10-13-22(28)14-11-20)21-12-15-24(26-18-21)29-17-16-27(2)3/h5-15,18,28H,4,16-17H2,1-3H3. The lowest BCUT2D eigenvalue weighted by atomic mass is 9.89. The third-order valence-corrected chi connectivity index (χ3v) is 4.75. The quantitative estimate of drug-likeness (QED) is 0.546. The van der Waals surface area contributed by atoms with E-state index in [1.54, 1.807) is 12.1 Å². The summed E-state index contributed by atoms with van der Waals surface area (Å²) in [5.41, 5.74) is 5.61. The Bertz CT molecular complexity index is 931. The molecule has 4 nitrogen and oxygen atoms in total. The highest BCUT2D eigenvalue weighted by atomic mass is 16.5. The molecular weight excluding hydrogens is 360 g/mol. The Balaban J connectivity index is 2.02. The Morgan fingerprint density at radius 2 is 1.59 bits per heavy atom. The zero-order valence-electron chi connectivity index (χ0n) is 17.3. The highest BCUT2D eigenvalue weighted by Crippen LogP contribution is 2.35. The zero-order valence-corrected chi connectivity index (χ0v) is 17.3. The van der Waals surface area contributed by atoms with Crippen LogP contribution < -0.4 is 4.74 Å². The topological polar surface area (TPSA) is 45.6 Å². The van der Waals surface area contributed by atoms with Gasteiger partial charge in [-0.1, -0.05) is 49.4 Å². The minimum atomic E-state index is 0.258. The summed E-state index contributed by atoms with van der Waals surface area (Å²) in [7, 11) is 4.04. The summed E-state index contributed by atoms with van der Waals surface area (Å²) in [6.45, 7) is 3.61. The Hall–Kier alpha value is -3.11. The molecule has 0 amide bonds. The fourth-order valence-corrected chi connectivity index (χ4v) is 3.25. The van der Waals surface area contributed by atoms with E-state index >= 15 is 0 Å². The highest BCUT2D eigenvalue weighted by Gasteiger charge is 2.14. The van der Waals surface area contributed by atoms with Gasteiger partial charge in [0.15, 0.2) is 0 Å². The van der Waals surface area contributed by atoms with E-state index in [0.717, 1.165) is 29.7 Å². The number of rotatable bonds is 8. The molecule has 0 saturated heterocycles. The Morgan fingerprint density at radius 3 is 2.17 bits per heavy atom. The van der Waals surface area contributed by atoms with Crippen molar-refractivity contribution in [1.82, 2.24) is 9.88 Å². The van der Waals surface area contributed by atoms with Crippen molar-refractivity contribution in [2.45, 2.75) is 13.3 Å². The van der Waals surface area contributed by atoms with Crippen molar-refractivity contribution in [1.29, 1.82) is 0 Å². The molecule has 150 valence electrons. The average Bonchev–Trinajstić information content (AvgIpc) is 2.74. The predicted octanol–water partition coefficient (Wildman–Crippen LogP) is 5.10. The molecule has 0 spiro atoms. The molecule has 0 bridgehead atoms. The van der Waals surface area contributed by atoms with E-state index in [1.165, 1.54) is 11.1 Å². The lowest BCUT2D eigenvalue weighted by molar-refractivity contribution is 0.254. The SMILES string of the molecule is CCC(=C(c1ccc(O)cc1)c1ccc(OCCN(C)C)nc1)c1ccccc1. The largest absolute Gasteiger partial charge is 0.508 e. The zero-order chi connectivity index (χ0) is 20.6. The molecule has 1 aromatic heterocycles. The second-order valence-electron chi connectivity index (χ2n) is 7.16. The van der Waals surface area contributed by atoms with Crippen LogP contribution in [0.25, 0.3) is 11.1 Å². The molecule has 2 aromatic carbocycles. The van der Waals surface area contributed by atoms with E-state index in [0.29, 0.717) is 12.5 Å². The first kappa shape index (κ1) is 20.6. The van der Waals surface area contributed by atoms with Gasteiger partial charge in [-0.3, -0.25) is 0 Å². The number of likely N-dealkylation sites (N-methyl/N-ethyl adjacent to an activating group) is 1. The monoisotopic (exact) mass is 388 g/mol. The summed E-state index contributed by atoms with van der Waals surface area (Å²) >= 11 is 0. The number of hydrogen-bond acceptors (Lipinski definition) is 4. The molecule has 1 N–H and O–H groups in total. The van der Waals surface area contributed by atoms with Gasteiger partial charge in [-0.15, -0.1) is 0 Å². The molecule has 29 heavy (non-hydrogen) atoms. The van der Waals surface area contributed by atoms with Crippen LogP contribution in [0.3, 0.4) is 0 Å². The molecule has 0 aliphatic rings. The molecule has 0 unspecified atom stereocenters. The van der Waals surface area contributed by atoms with Crippen LogP contribution in [0.1, 0.15) is 30.0 Å². The maximum absolute atomic E-state index is 9.73. The second-order valence-corrected chi connectivity index (χ2v) is 7.16. The Morgan fingerprint density at radius 1 is 0.897 bits per heavy atom. The Kier molecular flexibility index (Phi) is 7.04. The van der Waals surface area contributed by atoms with Crippen LogP contribution >= 0.6 is 0 Å². The summed E-state index contributed by atoms with van der Waals surface area (Å²) in [4.78, 5) is 6.60. The number of nitrogens with zero attached hydrogens (tertiary/aromatic N) is 2. The molecule has 1 heterocycles. The normalized spacial score (nSPS) is 12.0. The molecule has 0 aliphatic heterocycles. The maximum Gasteiger partial charge on any atom is 0.213 e. The van der Waals surface area contributed by atoms with Crippen LogP contribution in [0.2, 0.25) is 0 Å². The van der Waals surface area contributed by atoms with Crippen molar-refractivity contribution in [2.75, 3.05) is 27.2 Å². The fourth-order valence-electron chi connectivity index (χ4n) is 3.25. The summed E-state index contributed by atoms with van der Waals surface area (Å²) in [6, 6.07) is 21.7. The molecule has 0 saturated carbocycles. The maximum atomic E-state index is 9.73. The van der Waals surface area contributed by atoms with E-state index in [-0.39, 0.29) is 5.75 Å². The van der Waals surface area contributed by atoms with Gasteiger partial charge in [0.25, 0.3) is 0 Å². The van der Waals surface area contributed by atoms with E-state index in [2.05, 4.69) is 47.1 Å². The number of ether oxygens (including phenoxy) is 1. The fraction of sp³-hybridized carbons (Fsp3) is 0.240. The Labute approximate surface area is 173 Å². The number of allylic oxidation sites excluding steroid dienone is 1. The smallest absolute Gasteiger partial charge is 0.213 e. The van der Waals surface area contributed by atoms with Gasteiger partial charge in [0.2, 0.25) is 5.88 Å². The first-order valence-electron chi connectivity index (χ1n) is 9.90. The first-order chi connectivity index (χ1) is 14.1. The van der Waals surface area contributed by atoms with Crippen LogP contribution in [0.15, 0.2) is 72.9 Å². The molecule has 0 radical (unpaired) electrons. The lowest BCUT2D eigenvalue weighted by Gasteiger charge is -2.16. The third-order valence-electron chi connectivity index (χ3n) is 4.75. The van der Waals surface area contributed by atoms with Gasteiger partial charge < -0.3 is 14.7 Å². The van der Waals surface area contributed by atoms with Gasteiger partial charge in [-0.2, -0.15) is 0 Å². The van der Waals surface area contributed by atoms with Crippen molar-refractivity contribution < 1.29 is 9.84 Å². The highest BCUT2D eigenvalue weighted by molar-refractivity contribution is 5.98. The molecule has 4 heteroatoms. The molecule has 0 atom stereocenters. The number of phenols is 1. The van der Waals surface area contributed by atoms with Crippen LogP contribution in [-0.4, -0.2) is 42.2 Å². The van der Waals surface area contributed by atoms with E-state index in [1.807, 2.05) is 44.6 Å². The van der Waals surface area contributed by atoms with Crippen molar-refractivity contribution in [2.24, 2.45) is 0 Å². The van der Waals surface area contributed by atoms with E-state index in [4.69, 9.17) is 4.74 Å². The molecular formula is C25H28N2O2. The summed E-state index contributed by atoms with van der Waals surface area (Å²) in [5.74, 6) is 0.882. The van der Waals surface area contributed by atoms with Gasteiger partial charge in [0.05, 0.1) is 0 Å². The molecule has 3 rings (SSSR count). The van der Waals surface area contributed by atoms with Gasteiger partial charge in [0, 0.05) is 24.4 Å². The lowest BCUT2D eigenvalue weighted by Crippen LogP contribution is -2.19. The molecule has 0 fully saturated rings. The van der Waals surface area contributed by atoms with Crippen LogP contribution in [-0.2, 0) is 0 Å². The summed E-state index contributed by atoms with van der Waals surface area (Å²) in [6.07, 6.45) is 2.74. The minimum Gasteiger partial charge on any atom is -0.508 e. The van der Waals surface area contributed by atoms with Crippen LogP contribution in [0, 0.1) is 0 Å². The summed E-state index contributed by atoms with van der Waals surface area (Å²) < 4.78 is 5.74. The number of phenolic OH excluding ortho intramolecular Hbond substituents is 1. The van der Waals surface area contributed by atoms with Crippen molar-refractivity contribution >= 4 is 11.1 Å². The van der Waals surface area contributed by atoms with Crippen LogP contribution in [0.5, 0.6) is 11.6 Å². The number of aromatic nitrogens is 1. The number of aromatic hydroxyl groups is 1. The van der Waals surface area contributed by atoms with E-state index < -0.39 is 0 Å². The van der Waals surface area contributed by atoms with Crippen molar-refractivity contribution in [3.8, 4) is 11.6 Å². The predicted molar refractivity (Wildman–Crippen MR) is 119 cm³/mol. The number of hydrogen-bond donors (Lipinski definition) is 1. The van der Waals surface area contributed by atoms with Gasteiger partial charge in [-0.25, -0.2) is 4.98 Å². The second kappa shape index (κ2) is 9.89. The van der Waals surface area contributed by atoms with Gasteiger partial charge >= 0.3 is 0 Å².